The topological polar surface area (TPSA) is 37.8 Å². The van der Waals surface area contributed by atoms with Gasteiger partial charge in [-0.15, -0.1) is 5.10 Å². The van der Waals surface area contributed by atoms with E-state index in [2.05, 4.69) is 21.8 Å². The Hall–Kier alpha value is -1.33. The lowest BCUT2D eigenvalue weighted by molar-refractivity contribution is 0.548. The summed E-state index contributed by atoms with van der Waals surface area (Å²) < 4.78 is 18.0. The number of aromatic nitrogens is 2. The average Bonchev–Trinajstić information content (AvgIpc) is 2.89. The molecule has 0 aliphatic heterocycles. The normalized spacial score (nSPS) is 12.6. The van der Waals surface area contributed by atoms with Gasteiger partial charge >= 0.3 is 0 Å². The predicted octanol–water partition coefficient (Wildman–Crippen LogP) is 3.33. The van der Waals surface area contributed by atoms with E-state index >= 15 is 0 Å². The van der Waals surface area contributed by atoms with Crippen molar-refractivity contribution in [3.8, 4) is 0 Å². The van der Waals surface area contributed by atoms with Gasteiger partial charge in [0.2, 0.25) is 0 Å². The van der Waals surface area contributed by atoms with Crippen LogP contribution in [0.25, 0.3) is 0 Å². The molecule has 0 fully saturated rings. The standard InChI is InChI=1S/C14H18FN3S/c1-3-9-16-13(10-7-5-6-8-11(10)15)14-12(4-2)17-18-19-14/h5-8,13,16H,3-4,9H2,1-2H3. The minimum Gasteiger partial charge on any atom is -0.305 e. The highest BCUT2D eigenvalue weighted by molar-refractivity contribution is 7.05. The van der Waals surface area contributed by atoms with Crippen molar-refractivity contribution in [1.82, 2.24) is 14.9 Å². The van der Waals surface area contributed by atoms with E-state index in [9.17, 15) is 4.39 Å². The van der Waals surface area contributed by atoms with Crippen LogP contribution in [0.3, 0.4) is 0 Å². The molecule has 0 saturated carbocycles. The maximum atomic E-state index is 14.0. The predicted molar refractivity (Wildman–Crippen MR) is 75.8 cm³/mol. The van der Waals surface area contributed by atoms with Gasteiger partial charge < -0.3 is 5.32 Å². The Kier molecular flexibility index (Phi) is 4.99. The number of hydrogen-bond donors (Lipinski definition) is 1. The molecular formula is C14H18FN3S. The van der Waals surface area contributed by atoms with Gasteiger partial charge in [-0.05, 0) is 37.0 Å². The first-order valence-corrected chi connectivity index (χ1v) is 7.34. The summed E-state index contributed by atoms with van der Waals surface area (Å²) in [4.78, 5) is 1.01. The van der Waals surface area contributed by atoms with E-state index in [1.165, 1.54) is 17.6 Å². The smallest absolute Gasteiger partial charge is 0.128 e. The number of halogens is 1. The van der Waals surface area contributed by atoms with Crippen LogP contribution in [0.4, 0.5) is 4.39 Å². The van der Waals surface area contributed by atoms with Crippen molar-refractivity contribution in [2.45, 2.75) is 32.7 Å². The van der Waals surface area contributed by atoms with Crippen LogP contribution in [0.5, 0.6) is 0 Å². The van der Waals surface area contributed by atoms with Gasteiger partial charge in [0.25, 0.3) is 0 Å². The third-order valence-electron chi connectivity index (χ3n) is 3.00. The van der Waals surface area contributed by atoms with Gasteiger partial charge in [0.05, 0.1) is 16.6 Å². The fourth-order valence-corrected chi connectivity index (χ4v) is 2.86. The largest absolute Gasteiger partial charge is 0.305 e. The summed E-state index contributed by atoms with van der Waals surface area (Å²) in [6.45, 7) is 4.97. The molecule has 5 heteroatoms. The van der Waals surface area contributed by atoms with Crippen LogP contribution in [-0.2, 0) is 6.42 Å². The second kappa shape index (κ2) is 6.73. The molecule has 0 aliphatic rings. The van der Waals surface area contributed by atoms with Crippen molar-refractivity contribution in [1.29, 1.82) is 0 Å². The molecule has 3 nitrogen and oxygen atoms in total. The molecule has 0 bridgehead atoms. The van der Waals surface area contributed by atoms with Crippen LogP contribution >= 0.6 is 11.5 Å². The average molecular weight is 279 g/mol. The zero-order chi connectivity index (χ0) is 13.7. The van der Waals surface area contributed by atoms with Crippen LogP contribution < -0.4 is 5.32 Å². The van der Waals surface area contributed by atoms with E-state index in [0.29, 0.717) is 5.56 Å². The van der Waals surface area contributed by atoms with Gasteiger partial charge in [-0.2, -0.15) is 0 Å². The molecule has 102 valence electrons. The lowest BCUT2D eigenvalue weighted by Crippen LogP contribution is -2.24. The Labute approximate surface area is 117 Å². The van der Waals surface area contributed by atoms with Crippen molar-refractivity contribution >= 4 is 11.5 Å². The molecule has 2 aromatic rings. The number of hydrogen-bond acceptors (Lipinski definition) is 4. The second-order valence-corrected chi connectivity index (χ2v) is 5.13. The molecule has 1 heterocycles. The molecule has 1 unspecified atom stereocenters. The Balaban J connectivity index is 2.39. The zero-order valence-corrected chi connectivity index (χ0v) is 12.0. The fraction of sp³-hybridized carbons (Fsp3) is 0.429. The molecular weight excluding hydrogens is 261 g/mol. The number of benzene rings is 1. The molecule has 0 spiro atoms. The minimum absolute atomic E-state index is 0.156. The summed E-state index contributed by atoms with van der Waals surface area (Å²) in [5.74, 6) is -0.188. The monoisotopic (exact) mass is 279 g/mol. The van der Waals surface area contributed by atoms with Crippen LogP contribution in [0.15, 0.2) is 24.3 Å². The lowest BCUT2D eigenvalue weighted by Gasteiger charge is -2.18. The van der Waals surface area contributed by atoms with E-state index in [-0.39, 0.29) is 11.9 Å². The molecule has 1 aromatic carbocycles. The van der Waals surface area contributed by atoms with E-state index in [1.54, 1.807) is 6.07 Å². The molecule has 1 atom stereocenters. The minimum atomic E-state index is -0.188. The zero-order valence-electron chi connectivity index (χ0n) is 11.2. The van der Waals surface area contributed by atoms with Crippen molar-refractivity contribution in [3.05, 3.63) is 46.2 Å². The lowest BCUT2D eigenvalue weighted by atomic mass is 10.0. The SMILES string of the molecule is CCCNC(c1ccccc1F)c1snnc1CC. The third kappa shape index (κ3) is 3.16. The molecule has 0 aliphatic carbocycles. The Morgan fingerprint density at radius 2 is 2.11 bits per heavy atom. The van der Waals surface area contributed by atoms with Crippen LogP contribution in [0, 0.1) is 5.82 Å². The summed E-state index contributed by atoms with van der Waals surface area (Å²) in [7, 11) is 0. The molecule has 1 aromatic heterocycles. The Morgan fingerprint density at radius 1 is 1.32 bits per heavy atom. The number of nitrogens with zero attached hydrogens (tertiary/aromatic N) is 2. The van der Waals surface area contributed by atoms with Gasteiger partial charge in [0, 0.05) is 5.56 Å². The van der Waals surface area contributed by atoms with E-state index < -0.39 is 0 Å². The summed E-state index contributed by atoms with van der Waals surface area (Å²) in [6, 6.07) is 6.73. The first kappa shape index (κ1) is 14.1. The van der Waals surface area contributed by atoms with Crippen molar-refractivity contribution in [2.75, 3.05) is 6.54 Å². The number of nitrogens with one attached hydrogen (secondary N) is 1. The first-order valence-electron chi connectivity index (χ1n) is 6.56. The molecule has 0 radical (unpaired) electrons. The first-order chi connectivity index (χ1) is 9.27. The number of rotatable bonds is 6. The van der Waals surface area contributed by atoms with Crippen LogP contribution in [0.1, 0.15) is 42.4 Å². The van der Waals surface area contributed by atoms with Crippen molar-refractivity contribution < 1.29 is 4.39 Å². The molecule has 0 amide bonds. The highest BCUT2D eigenvalue weighted by Gasteiger charge is 2.22. The molecule has 19 heavy (non-hydrogen) atoms. The molecule has 2 rings (SSSR count). The summed E-state index contributed by atoms with van der Waals surface area (Å²) in [5.41, 5.74) is 1.61. The van der Waals surface area contributed by atoms with Gasteiger partial charge in [-0.3, -0.25) is 0 Å². The van der Waals surface area contributed by atoms with Crippen LogP contribution in [-0.4, -0.2) is 16.1 Å². The van der Waals surface area contributed by atoms with Gasteiger partial charge in [-0.25, -0.2) is 4.39 Å². The van der Waals surface area contributed by atoms with Crippen molar-refractivity contribution in [2.24, 2.45) is 0 Å². The van der Waals surface area contributed by atoms with Crippen LogP contribution in [0.2, 0.25) is 0 Å². The quantitative estimate of drug-likeness (QED) is 0.881. The maximum absolute atomic E-state index is 14.0. The second-order valence-electron chi connectivity index (χ2n) is 4.35. The van der Waals surface area contributed by atoms with Gasteiger partial charge in [-0.1, -0.05) is 36.5 Å². The highest BCUT2D eigenvalue weighted by atomic mass is 32.1. The Morgan fingerprint density at radius 3 is 2.79 bits per heavy atom. The summed E-state index contributed by atoms with van der Waals surface area (Å²) in [6.07, 6.45) is 1.81. The third-order valence-corrected chi connectivity index (χ3v) is 3.83. The maximum Gasteiger partial charge on any atom is 0.128 e. The fourth-order valence-electron chi connectivity index (χ4n) is 2.02. The van der Waals surface area contributed by atoms with Gasteiger partial charge in [0.15, 0.2) is 0 Å². The van der Waals surface area contributed by atoms with E-state index in [1.807, 2.05) is 19.1 Å². The molecule has 1 N–H and O–H groups in total. The van der Waals surface area contributed by atoms with E-state index in [0.717, 1.165) is 30.0 Å². The molecule has 0 saturated heterocycles. The van der Waals surface area contributed by atoms with Crippen molar-refractivity contribution in [3.63, 3.8) is 0 Å². The summed E-state index contributed by atoms with van der Waals surface area (Å²) >= 11 is 1.35. The summed E-state index contributed by atoms with van der Waals surface area (Å²) in [5, 5.41) is 7.52. The van der Waals surface area contributed by atoms with Gasteiger partial charge in [0.1, 0.15) is 5.82 Å². The Bertz CT molecular complexity index is 527. The van der Waals surface area contributed by atoms with E-state index in [4.69, 9.17) is 0 Å². The highest BCUT2D eigenvalue weighted by Crippen LogP contribution is 2.29. The number of aryl methyl sites for hydroxylation is 1.